The largest absolute Gasteiger partial charge is 0.311 e. The molecule has 5 nitrogen and oxygen atoms in total. The Kier molecular flexibility index (Phi) is 2.14. The van der Waals surface area contributed by atoms with Crippen LogP contribution in [-0.4, -0.2) is 16.5 Å². The van der Waals surface area contributed by atoms with Crippen molar-refractivity contribution >= 4 is 11.8 Å². The lowest BCUT2D eigenvalue weighted by molar-refractivity contribution is 0.0155. The summed E-state index contributed by atoms with van der Waals surface area (Å²) in [6.45, 7) is 0. The molecule has 0 radical (unpaired) electrons. The van der Waals surface area contributed by atoms with Gasteiger partial charge in [-0.05, 0) is 5.41 Å². The first-order valence-electron chi connectivity index (χ1n) is 4.35. The van der Waals surface area contributed by atoms with E-state index in [1.165, 1.54) is 11.8 Å². The molecule has 6 heteroatoms. The summed E-state index contributed by atoms with van der Waals surface area (Å²) in [7, 11) is 0. The van der Waals surface area contributed by atoms with Gasteiger partial charge in [0.15, 0.2) is 0 Å². The van der Waals surface area contributed by atoms with Crippen LogP contribution in [0.1, 0.15) is 0 Å². The number of thioether (sulfide) groups is 1. The first-order chi connectivity index (χ1) is 7.68. The molecule has 1 fully saturated rings. The molecule has 0 aromatic carbocycles. The molecular formula is C10H4N4OS. The molecule has 0 spiro atoms. The monoisotopic (exact) mass is 228 g/mol. The van der Waals surface area contributed by atoms with Crippen LogP contribution in [0.4, 0.5) is 0 Å². The average molecular weight is 228 g/mol. The molecule has 0 bridgehead atoms. The van der Waals surface area contributed by atoms with Crippen LogP contribution >= 0.6 is 11.8 Å². The molecule has 76 valence electrons. The van der Waals surface area contributed by atoms with E-state index in [-0.39, 0.29) is 0 Å². The van der Waals surface area contributed by atoms with Crippen molar-refractivity contribution in [3.63, 3.8) is 0 Å². The lowest BCUT2D eigenvalue weighted by Crippen LogP contribution is -2.35. The fourth-order valence-corrected chi connectivity index (χ4v) is 3.12. The maximum absolute atomic E-state index is 9.03. The predicted molar refractivity (Wildman–Crippen MR) is 53.0 cm³/mol. The number of fused-ring (bicyclic) bond motifs is 1. The van der Waals surface area contributed by atoms with E-state index in [0.717, 1.165) is 0 Å². The Morgan fingerprint density at radius 1 is 1.00 bits per heavy atom. The minimum absolute atomic E-state index is 0.512. The molecule has 2 unspecified atom stereocenters. The van der Waals surface area contributed by atoms with Crippen LogP contribution in [0, 0.1) is 51.2 Å². The van der Waals surface area contributed by atoms with Gasteiger partial charge in [-0.3, -0.25) is 0 Å². The molecule has 0 aromatic heterocycles. The van der Waals surface area contributed by atoms with Gasteiger partial charge in [0.25, 0.3) is 11.2 Å². The van der Waals surface area contributed by atoms with Gasteiger partial charge < -0.3 is 4.74 Å². The van der Waals surface area contributed by atoms with Gasteiger partial charge in [-0.2, -0.15) is 21.0 Å². The van der Waals surface area contributed by atoms with Crippen LogP contribution in [0.2, 0.25) is 0 Å². The summed E-state index contributed by atoms with van der Waals surface area (Å²) in [6, 6.07) is 7.09. The van der Waals surface area contributed by atoms with Crippen molar-refractivity contribution in [3.8, 4) is 24.3 Å². The van der Waals surface area contributed by atoms with Crippen molar-refractivity contribution < 1.29 is 4.74 Å². The number of hydrogen-bond donors (Lipinski definition) is 0. The lowest BCUT2D eigenvalue weighted by atomic mass is 9.86. The number of ether oxygens (including phenoxy) is 1. The fourth-order valence-electron chi connectivity index (χ4n) is 1.90. The summed E-state index contributed by atoms with van der Waals surface area (Å²) in [5.74, 6) is -0.535. The van der Waals surface area contributed by atoms with Crippen molar-refractivity contribution in [1.29, 1.82) is 21.0 Å². The highest BCUT2D eigenvalue weighted by atomic mass is 32.2. The molecule has 2 heterocycles. The molecule has 0 N–H and O–H groups in total. The molecule has 2 aliphatic rings. The summed E-state index contributed by atoms with van der Waals surface area (Å²) in [4.78, 5) is 0. The van der Waals surface area contributed by atoms with Gasteiger partial charge in [-0.15, -0.1) is 11.8 Å². The van der Waals surface area contributed by atoms with E-state index in [0.29, 0.717) is 0 Å². The SMILES string of the molecule is N#CC1(C#N)OC(C#N)(C#N)C2SC=CC21. The molecule has 1 saturated heterocycles. The van der Waals surface area contributed by atoms with Crippen molar-refractivity contribution in [2.45, 2.75) is 16.5 Å². The first-order valence-corrected chi connectivity index (χ1v) is 5.29. The first kappa shape index (κ1) is 10.5. The Morgan fingerprint density at radius 3 is 2.06 bits per heavy atom. The van der Waals surface area contributed by atoms with Gasteiger partial charge in [0, 0.05) is 0 Å². The zero-order valence-electron chi connectivity index (χ0n) is 7.91. The molecule has 0 aromatic rings. The highest BCUT2D eigenvalue weighted by molar-refractivity contribution is 8.03. The summed E-state index contributed by atoms with van der Waals surface area (Å²) in [5, 5.41) is 37.3. The lowest BCUT2D eigenvalue weighted by Gasteiger charge is -2.17. The van der Waals surface area contributed by atoms with Crippen molar-refractivity contribution in [2.24, 2.45) is 5.92 Å². The van der Waals surface area contributed by atoms with Crippen LogP contribution in [0.15, 0.2) is 11.5 Å². The molecule has 0 amide bonds. The maximum atomic E-state index is 9.03. The van der Waals surface area contributed by atoms with Crippen LogP contribution in [0.3, 0.4) is 0 Å². The second-order valence-electron chi connectivity index (χ2n) is 3.43. The molecule has 2 atom stereocenters. The molecule has 0 aliphatic carbocycles. The van der Waals surface area contributed by atoms with Gasteiger partial charge in [0.05, 0.1) is 11.2 Å². The van der Waals surface area contributed by atoms with Crippen LogP contribution in [0.5, 0.6) is 0 Å². The number of hydrogen-bond acceptors (Lipinski definition) is 6. The average Bonchev–Trinajstić information content (AvgIpc) is 2.90. The van der Waals surface area contributed by atoms with Gasteiger partial charge >= 0.3 is 0 Å². The number of rotatable bonds is 0. The second-order valence-corrected chi connectivity index (χ2v) is 4.48. The molecule has 2 aliphatic heterocycles. The summed E-state index contributed by atoms with van der Waals surface area (Å²) < 4.78 is 5.18. The van der Waals surface area contributed by atoms with Crippen molar-refractivity contribution in [2.75, 3.05) is 0 Å². The Bertz CT molecular complexity index is 499. The van der Waals surface area contributed by atoms with Crippen LogP contribution < -0.4 is 0 Å². The van der Waals surface area contributed by atoms with Crippen LogP contribution in [0.25, 0.3) is 0 Å². The van der Waals surface area contributed by atoms with E-state index in [2.05, 4.69) is 0 Å². The minimum Gasteiger partial charge on any atom is -0.311 e. The van der Waals surface area contributed by atoms with E-state index < -0.39 is 22.4 Å². The highest BCUT2D eigenvalue weighted by Crippen LogP contribution is 2.52. The van der Waals surface area contributed by atoms with Crippen LogP contribution in [-0.2, 0) is 4.74 Å². The fraction of sp³-hybridized carbons (Fsp3) is 0.400. The third kappa shape index (κ3) is 1.01. The Labute approximate surface area is 96.1 Å². The summed E-state index contributed by atoms with van der Waals surface area (Å²) >= 11 is 1.25. The third-order valence-corrected chi connectivity index (χ3v) is 3.93. The minimum atomic E-state index is -1.73. The van der Waals surface area contributed by atoms with E-state index in [1.54, 1.807) is 35.8 Å². The second kappa shape index (κ2) is 3.26. The van der Waals surface area contributed by atoms with E-state index in [4.69, 9.17) is 25.8 Å². The summed E-state index contributed by atoms with van der Waals surface area (Å²) in [6.07, 6.45) is 1.65. The smallest absolute Gasteiger partial charge is 0.256 e. The highest BCUT2D eigenvalue weighted by Gasteiger charge is 2.65. The quantitative estimate of drug-likeness (QED) is 0.608. The molecule has 0 saturated carbocycles. The predicted octanol–water partition coefficient (Wildman–Crippen LogP) is 0.834. The van der Waals surface area contributed by atoms with E-state index in [1.807, 2.05) is 0 Å². The van der Waals surface area contributed by atoms with Gasteiger partial charge in [0.1, 0.15) is 24.3 Å². The number of nitriles is 4. The Balaban J connectivity index is 2.57. The normalized spacial score (nSPS) is 31.8. The zero-order chi connectivity index (χ0) is 11.8. The van der Waals surface area contributed by atoms with Gasteiger partial charge in [-0.1, -0.05) is 6.08 Å². The van der Waals surface area contributed by atoms with E-state index in [9.17, 15) is 0 Å². The standard InChI is InChI=1S/C10H4N4OS/c11-3-9(4-12)7-1-2-16-8(7)10(5-13,6-14)15-9/h1-2,7-8H. The van der Waals surface area contributed by atoms with Gasteiger partial charge in [-0.25, -0.2) is 0 Å². The van der Waals surface area contributed by atoms with Crippen molar-refractivity contribution in [1.82, 2.24) is 0 Å². The molecule has 16 heavy (non-hydrogen) atoms. The van der Waals surface area contributed by atoms with Crippen molar-refractivity contribution in [3.05, 3.63) is 11.5 Å². The molecular weight excluding hydrogens is 224 g/mol. The Hall–Kier alpha value is -1.99. The maximum Gasteiger partial charge on any atom is 0.256 e. The number of nitrogens with zero attached hydrogens (tertiary/aromatic N) is 4. The third-order valence-electron chi connectivity index (χ3n) is 2.69. The Morgan fingerprint density at radius 2 is 1.56 bits per heavy atom. The van der Waals surface area contributed by atoms with Gasteiger partial charge in [0.2, 0.25) is 0 Å². The molecule has 2 rings (SSSR count). The zero-order valence-corrected chi connectivity index (χ0v) is 8.73. The van der Waals surface area contributed by atoms with E-state index >= 15 is 0 Å². The summed E-state index contributed by atoms with van der Waals surface area (Å²) in [5.41, 5.74) is -3.44. The topological polar surface area (TPSA) is 104 Å².